The number of methoxy groups -OCH3 is 1. The van der Waals surface area contributed by atoms with Gasteiger partial charge in [0.2, 0.25) is 0 Å². The Morgan fingerprint density at radius 1 is 1.12 bits per heavy atom. The molecule has 32 heavy (non-hydrogen) atoms. The Bertz CT molecular complexity index is 1130. The normalized spacial score (nSPS) is 16.9. The zero-order valence-electron chi connectivity index (χ0n) is 17.4. The van der Waals surface area contributed by atoms with E-state index in [0.717, 1.165) is 24.7 Å². The number of ether oxygens (including phenoxy) is 1. The van der Waals surface area contributed by atoms with Crippen molar-refractivity contribution in [2.24, 2.45) is 0 Å². The van der Waals surface area contributed by atoms with Crippen molar-refractivity contribution in [3.8, 4) is 5.75 Å². The molecule has 9 heteroatoms. The maximum absolute atomic E-state index is 13.4. The van der Waals surface area contributed by atoms with Gasteiger partial charge in [-0.1, -0.05) is 12.1 Å². The molecule has 1 atom stereocenters. The van der Waals surface area contributed by atoms with Gasteiger partial charge in [0.05, 0.1) is 23.6 Å². The van der Waals surface area contributed by atoms with Crippen LogP contribution in [0.5, 0.6) is 5.75 Å². The molecule has 0 N–H and O–H groups in total. The summed E-state index contributed by atoms with van der Waals surface area (Å²) in [5, 5.41) is 11.3. The smallest absolute Gasteiger partial charge is 0.416 e. The minimum Gasteiger partial charge on any atom is -0.496 e. The van der Waals surface area contributed by atoms with Gasteiger partial charge in [-0.15, -0.1) is 0 Å². The van der Waals surface area contributed by atoms with Crippen LogP contribution in [0.1, 0.15) is 34.8 Å². The quantitative estimate of drug-likeness (QED) is 0.389. The van der Waals surface area contributed by atoms with Crippen LogP contribution in [0.3, 0.4) is 0 Å². The van der Waals surface area contributed by atoms with E-state index in [-0.39, 0.29) is 12.2 Å². The molecule has 4 rings (SSSR count). The van der Waals surface area contributed by atoms with Gasteiger partial charge in [-0.2, -0.15) is 13.2 Å². The molecular formula is C23H22F3N3O3. The van der Waals surface area contributed by atoms with E-state index in [1.165, 1.54) is 31.4 Å². The van der Waals surface area contributed by atoms with Crippen LogP contribution in [0.15, 0.2) is 60.8 Å². The first-order chi connectivity index (χ1) is 15.3. The van der Waals surface area contributed by atoms with Crippen LogP contribution in [-0.4, -0.2) is 28.0 Å². The zero-order valence-corrected chi connectivity index (χ0v) is 17.4. The molecule has 0 saturated carbocycles. The second kappa shape index (κ2) is 8.66. The third-order valence-corrected chi connectivity index (χ3v) is 5.73. The monoisotopic (exact) mass is 445 g/mol. The lowest BCUT2D eigenvalue weighted by Crippen LogP contribution is -2.30. The number of nitrogens with zero attached hydrogens (tertiary/aromatic N) is 3. The molecule has 2 aromatic carbocycles. The van der Waals surface area contributed by atoms with Gasteiger partial charge in [0.1, 0.15) is 5.75 Å². The number of nitro benzene ring substituents is 1. The first kappa shape index (κ1) is 21.9. The van der Waals surface area contributed by atoms with Gasteiger partial charge in [0.25, 0.3) is 5.69 Å². The second-order valence-corrected chi connectivity index (χ2v) is 7.73. The predicted molar refractivity (Wildman–Crippen MR) is 112 cm³/mol. The molecule has 6 nitrogen and oxygen atoms in total. The minimum absolute atomic E-state index is 0.0605. The molecule has 1 aromatic heterocycles. The van der Waals surface area contributed by atoms with Gasteiger partial charge in [0, 0.05) is 49.2 Å². The molecule has 0 unspecified atom stereocenters. The van der Waals surface area contributed by atoms with Crippen LogP contribution in [0.2, 0.25) is 0 Å². The van der Waals surface area contributed by atoms with E-state index in [1.807, 2.05) is 18.3 Å². The van der Waals surface area contributed by atoms with E-state index in [9.17, 15) is 23.3 Å². The largest absolute Gasteiger partial charge is 0.496 e. The lowest BCUT2D eigenvalue weighted by molar-refractivity contribution is -0.385. The number of rotatable bonds is 5. The van der Waals surface area contributed by atoms with Crippen LogP contribution in [-0.2, 0) is 19.3 Å². The summed E-state index contributed by atoms with van der Waals surface area (Å²) in [5.41, 5.74) is 1.25. The topological polar surface area (TPSA) is 60.5 Å². The summed E-state index contributed by atoms with van der Waals surface area (Å²) >= 11 is 0. The second-order valence-electron chi connectivity index (χ2n) is 7.73. The molecule has 2 heterocycles. The highest BCUT2D eigenvalue weighted by molar-refractivity contribution is 5.44. The Morgan fingerprint density at radius 3 is 2.66 bits per heavy atom. The highest BCUT2D eigenvalue weighted by Gasteiger charge is 2.33. The van der Waals surface area contributed by atoms with Gasteiger partial charge in [-0.25, -0.2) is 0 Å². The molecule has 0 aliphatic carbocycles. The molecule has 3 aromatic rings. The Morgan fingerprint density at radius 2 is 1.94 bits per heavy atom. The number of non-ortho nitro benzene ring substituents is 1. The van der Waals surface area contributed by atoms with E-state index in [1.54, 1.807) is 12.1 Å². The zero-order chi connectivity index (χ0) is 22.9. The summed E-state index contributed by atoms with van der Waals surface area (Å²) in [4.78, 5) is 12.9. The fourth-order valence-electron chi connectivity index (χ4n) is 4.30. The molecule has 0 fully saturated rings. The summed E-state index contributed by atoms with van der Waals surface area (Å²) in [6, 6.07) is 13.1. The summed E-state index contributed by atoms with van der Waals surface area (Å²) in [6.07, 6.45) is -1.74. The third kappa shape index (κ3) is 4.34. The summed E-state index contributed by atoms with van der Waals surface area (Å²) in [6.45, 7) is 1.63. The van der Waals surface area contributed by atoms with Gasteiger partial charge in [0.15, 0.2) is 0 Å². The molecule has 0 radical (unpaired) electrons. The van der Waals surface area contributed by atoms with Crippen molar-refractivity contribution < 1.29 is 22.8 Å². The van der Waals surface area contributed by atoms with Crippen molar-refractivity contribution in [1.82, 2.24) is 9.47 Å². The molecular weight excluding hydrogens is 423 g/mol. The maximum atomic E-state index is 13.4. The van der Waals surface area contributed by atoms with Crippen LogP contribution in [0, 0.1) is 10.1 Å². The van der Waals surface area contributed by atoms with Gasteiger partial charge in [-0.05, 0) is 42.3 Å². The first-order valence-corrected chi connectivity index (χ1v) is 10.2. The molecule has 0 saturated heterocycles. The molecule has 1 aliphatic heterocycles. The number of fused-ring (bicyclic) bond motifs is 1. The van der Waals surface area contributed by atoms with Crippen LogP contribution in [0.25, 0.3) is 0 Å². The number of benzene rings is 2. The van der Waals surface area contributed by atoms with E-state index in [2.05, 4.69) is 9.47 Å². The van der Waals surface area contributed by atoms with Crippen molar-refractivity contribution in [2.75, 3.05) is 13.7 Å². The summed E-state index contributed by atoms with van der Waals surface area (Å²) < 4.78 is 47.7. The fraction of sp³-hybridized carbons (Fsp3) is 0.304. The Balaban J connectivity index is 1.79. The standard InChI is InChI=1S/C23H22F3N3O3/c1-32-21-9-8-19(29(30)31)14-17(21)15-28-12-4-11-27-10-3-7-20(27)22(28)16-5-2-6-18(13-16)23(24,25)26/h2-3,5-10,13-14,22H,4,11-12,15H2,1H3/t22-/m0/s1. The molecule has 0 amide bonds. The molecule has 1 aliphatic rings. The number of alkyl halides is 3. The van der Waals surface area contributed by atoms with Crippen molar-refractivity contribution in [3.63, 3.8) is 0 Å². The Hall–Kier alpha value is -3.33. The molecule has 0 spiro atoms. The SMILES string of the molecule is COc1ccc([N+](=O)[O-])cc1CN1CCCn2cccc2[C@@H]1c1cccc(C(F)(F)F)c1. The molecule has 0 bridgehead atoms. The van der Waals surface area contributed by atoms with Crippen molar-refractivity contribution in [1.29, 1.82) is 0 Å². The van der Waals surface area contributed by atoms with Gasteiger partial charge < -0.3 is 9.30 Å². The fourth-order valence-corrected chi connectivity index (χ4v) is 4.30. The van der Waals surface area contributed by atoms with E-state index < -0.39 is 22.7 Å². The van der Waals surface area contributed by atoms with Crippen LogP contribution in [0.4, 0.5) is 18.9 Å². The Kier molecular flexibility index (Phi) is 5.92. The summed E-state index contributed by atoms with van der Waals surface area (Å²) in [5.74, 6) is 0.498. The average molecular weight is 445 g/mol. The van der Waals surface area contributed by atoms with Gasteiger partial charge >= 0.3 is 6.18 Å². The number of aryl methyl sites for hydroxylation is 1. The first-order valence-electron chi connectivity index (χ1n) is 10.2. The van der Waals surface area contributed by atoms with E-state index in [0.29, 0.717) is 23.4 Å². The number of hydrogen-bond acceptors (Lipinski definition) is 4. The number of hydrogen-bond donors (Lipinski definition) is 0. The predicted octanol–water partition coefficient (Wildman–Crippen LogP) is 5.42. The number of nitro groups is 1. The lowest BCUT2D eigenvalue weighted by atomic mass is 9.98. The average Bonchev–Trinajstić information content (AvgIpc) is 3.14. The highest BCUT2D eigenvalue weighted by Crippen LogP contribution is 2.37. The minimum atomic E-state index is -4.45. The third-order valence-electron chi connectivity index (χ3n) is 5.73. The number of aromatic nitrogens is 1. The van der Waals surface area contributed by atoms with E-state index >= 15 is 0 Å². The van der Waals surface area contributed by atoms with Gasteiger partial charge in [-0.3, -0.25) is 15.0 Å². The van der Waals surface area contributed by atoms with Crippen LogP contribution < -0.4 is 4.74 Å². The number of halogens is 3. The molecule has 168 valence electrons. The van der Waals surface area contributed by atoms with Crippen LogP contribution >= 0.6 is 0 Å². The summed E-state index contributed by atoms with van der Waals surface area (Å²) in [7, 11) is 1.49. The Labute approximate surface area is 183 Å². The highest BCUT2D eigenvalue weighted by atomic mass is 19.4. The van der Waals surface area contributed by atoms with E-state index in [4.69, 9.17) is 4.74 Å². The van der Waals surface area contributed by atoms with Crippen molar-refractivity contribution in [2.45, 2.75) is 31.7 Å². The van der Waals surface area contributed by atoms with Crippen molar-refractivity contribution in [3.05, 3.63) is 93.3 Å². The van der Waals surface area contributed by atoms with Crippen molar-refractivity contribution >= 4 is 5.69 Å². The maximum Gasteiger partial charge on any atom is 0.416 e. The lowest BCUT2D eigenvalue weighted by Gasteiger charge is -2.31.